The second-order valence-electron chi connectivity index (χ2n) is 3.55. The van der Waals surface area contributed by atoms with Gasteiger partial charge < -0.3 is 11.5 Å². The summed E-state index contributed by atoms with van der Waals surface area (Å²) in [5.41, 5.74) is 12.8. The normalized spacial score (nSPS) is 10.8. The van der Waals surface area contributed by atoms with Gasteiger partial charge in [-0.15, -0.1) is 0 Å². The Morgan fingerprint density at radius 1 is 1.00 bits per heavy atom. The van der Waals surface area contributed by atoms with Crippen molar-refractivity contribution in [1.82, 2.24) is 25.1 Å². The van der Waals surface area contributed by atoms with Crippen LogP contribution in [0.2, 0.25) is 0 Å². The standard InChI is InChI=1S/C10H9N7/c11-9-14-8(15-10(12)16-9)5-1-2-7-6(3-5)4-13-17-7/h1-4H,(H,13,17)(H4,11,12,14,15,16). The van der Waals surface area contributed by atoms with E-state index in [2.05, 4.69) is 25.1 Å². The van der Waals surface area contributed by atoms with E-state index in [9.17, 15) is 0 Å². The molecule has 7 heteroatoms. The minimum Gasteiger partial charge on any atom is -0.368 e. The van der Waals surface area contributed by atoms with Crippen LogP contribution < -0.4 is 11.5 Å². The van der Waals surface area contributed by atoms with Gasteiger partial charge in [0.2, 0.25) is 11.9 Å². The molecular formula is C10H9N7. The lowest BCUT2D eigenvalue weighted by Gasteiger charge is -2.02. The molecule has 7 nitrogen and oxygen atoms in total. The molecule has 0 fully saturated rings. The van der Waals surface area contributed by atoms with E-state index in [1.54, 1.807) is 6.20 Å². The second-order valence-corrected chi connectivity index (χ2v) is 3.55. The van der Waals surface area contributed by atoms with Crippen molar-refractivity contribution < 1.29 is 0 Å². The summed E-state index contributed by atoms with van der Waals surface area (Å²) in [6, 6.07) is 5.68. The quantitative estimate of drug-likeness (QED) is 0.559. The average Bonchev–Trinajstić information content (AvgIpc) is 2.74. The maximum absolute atomic E-state index is 5.53. The number of hydrogen-bond donors (Lipinski definition) is 3. The number of aromatic nitrogens is 5. The average molecular weight is 227 g/mol. The molecule has 0 amide bonds. The molecule has 5 N–H and O–H groups in total. The van der Waals surface area contributed by atoms with Crippen LogP contribution in [0.3, 0.4) is 0 Å². The first-order valence-corrected chi connectivity index (χ1v) is 4.93. The monoisotopic (exact) mass is 227 g/mol. The van der Waals surface area contributed by atoms with Crippen molar-refractivity contribution in [2.24, 2.45) is 0 Å². The van der Waals surface area contributed by atoms with Gasteiger partial charge in [0.25, 0.3) is 0 Å². The van der Waals surface area contributed by atoms with Crippen LogP contribution in [0.5, 0.6) is 0 Å². The summed E-state index contributed by atoms with van der Waals surface area (Å²) in [7, 11) is 0. The van der Waals surface area contributed by atoms with Crippen molar-refractivity contribution in [3.8, 4) is 11.4 Å². The molecule has 3 rings (SSSR count). The zero-order chi connectivity index (χ0) is 11.8. The number of fused-ring (bicyclic) bond motifs is 1. The third-order valence-corrected chi connectivity index (χ3v) is 2.37. The summed E-state index contributed by atoms with van der Waals surface area (Å²) < 4.78 is 0. The molecule has 84 valence electrons. The van der Waals surface area contributed by atoms with Crippen LogP contribution in [0.25, 0.3) is 22.3 Å². The molecule has 0 saturated carbocycles. The Morgan fingerprint density at radius 3 is 2.53 bits per heavy atom. The van der Waals surface area contributed by atoms with E-state index < -0.39 is 0 Å². The summed E-state index contributed by atoms with van der Waals surface area (Å²) in [5, 5.41) is 7.78. The Balaban J connectivity index is 2.19. The van der Waals surface area contributed by atoms with E-state index >= 15 is 0 Å². The van der Waals surface area contributed by atoms with Gasteiger partial charge in [0, 0.05) is 10.9 Å². The first-order valence-electron chi connectivity index (χ1n) is 4.93. The van der Waals surface area contributed by atoms with E-state index in [1.165, 1.54) is 0 Å². The molecule has 0 aliphatic carbocycles. The fourth-order valence-electron chi connectivity index (χ4n) is 1.62. The molecule has 0 bridgehead atoms. The van der Waals surface area contributed by atoms with Gasteiger partial charge in [-0.05, 0) is 18.2 Å². The number of nitrogens with one attached hydrogen (secondary N) is 1. The van der Waals surface area contributed by atoms with Crippen molar-refractivity contribution in [2.45, 2.75) is 0 Å². The highest BCUT2D eigenvalue weighted by Gasteiger charge is 2.06. The van der Waals surface area contributed by atoms with Crippen LogP contribution in [0, 0.1) is 0 Å². The summed E-state index contributed by atoms with van der Waals surface area (Å²) in [5.74, 6) is 0.678. The highest BCUT2D eigenvalue weighted by Crippen LogP contribution is 2.21. The number of hydrogen-bond acceptors (Lipinski definition) is 6. The van der Waals surface area contributed by atoms with E-state index in [1.807, 2.05) is 18.2 Å². The second kappa shape index (κ2) is 3.41. The molecule has 2 heterocycles. The van der Waals surface area contributed by atoms with Crippen molar-refractivity contribution in [2.75, 3.05) is 11.5 Å². The Labute approximate surface area is 95.9 Å². The van der Waals surface area contributed by atoms with Gasteiger partial charge in [-0.1, -0.05) is 0 Å². The molecule has 0 radical (unpaired) electrons. The van der Waals surface area contributed by atoms with Crippen LogP contribution in [-0.2, 0) is 0 Å². The Bertz CT molecular complexity index is 668. The molecule has 3 aromatic rings. The maximum atomic E-state index is 5.53. The number of nitrogens with zero attached hydrogens (tertiary/aromatic N) is 4. The zero-order valence-corrected chi connectivity index (χ0v) is 8.75. The van der Waals surface area contributed by atoms with Crippen molar-refractivity contribution >= 4 is 22.8 Å². The molecule has 0 aliphatic rings. The van der Waals surface area contributed by atoms with Gasteiger partial charge in [-0.2, -0.15) is 20.1 Å². The minimum absolute atomic E-state index is 0.111. The summed E-state index contributed by atoms with van der Waals surface area (Å²) in [6.07, 6.45) is 1.73. The SMILES string of the molecule is Nc1nc(N)nc(-c2ccc3[nH]ncc3c2)n1. The molecule has 1 aromatic carbocycles. The lowest BCUT2D eigenvalue weighted by atomic mass is 10.1. The van der Waals surface area contributed by atoms with Crippen LogP contribution in [0.4, 0.5) is 11.9 Å². The summed E-state index contributed by atoms with van der Waals surface area (Å²) in [6.45, 7) is 0. The number of anilines is 2. The van der Waals surface area contributed by atoms with Gasteiger partial charge in [0.1, 0.15) is 0 Å². The third-order valence-electron chi connectivity index (χ3n) is 2.37. The predicted molar refractivity (Wildman–Crippen MR) is 63.7 cm³/mol. The lowest BCUT2D eigenvalue weighted by molar-refractivity contribution is 1.09. The van der Waals surface area contributed by atoms with E-state index in [0.717, 1.165) is 16.5 Å². The number of aromatic amines is 1. The molecule has 0 spiro atoms. The first-order chi connectivity index (χ1) is 8.22. The highest BCUT2D eigenvalue weighted by atomic mass is 15.1. The van der Waals surface area contributed by atoms with Gasteiger partial charge >= 0.3 is 0 Å². The molecule has 0 aliphatic heterocycles. The molecule has 2 aromatic heterocycles. The van der Waals surface area contributed by atoms with Crippen LogP contribution in [0.15, 0.2) is 24.4 Å². The van der Waals surface area contributed by atoms with Crippen LogP contribution in [0.1, 0.15) is 0 Å². The number of nitrogens with two attached hydrogens (primary N) is 2. The fourth-order valence-corrected chi connectivity index (χ4v) is 1.62. The fraction of sp³-hybridized carbons (Fsp3) is 0. The molecular weight excluding hydrogens is 218 g/mol. The smallest absolute Gasteiger partial charge is 0.225 e. The zero-order valence-electron chi connectivity index (χ0n) is 8.75. The van der Waals surface area contributed by atoms with Gasteiger partial charge in [-0.25, -0.2) is 0 Å². The molecule has 0 unspecified atom stereocenters. The summed E-state index contributed by atoms with van der Waals surface area (Å²) >= 11 is 0. The minimum atomic E-state index is 0.111. The van der Waals surface area contributed by atoms with E-state index in [4.69, 9.17) is 11.5 Å². The van der Waals surface area contributed by atoms with Crippen molar-refractivity contribution in [3.63, 3.8) is 0 Å². The van der Waals surface area contributed by atoms with Crippen molar-refractivity contribution in [1.29, 1.82) is 0 Å². The lowest BCUT2D eigenvalue weighted by Crippen LogP contribution is -2.04. The van der Waals surface area contributed by atoms with Crippen LogP contribution in [-0.4, -0.2) is 25.1 Å². The number of H-pyrrole nitrogens is 1. The Hall–Kier alpha value is -2.70. The van der Waals surface area contributed by atoms with E-state index in [0.29, 0.717) is 5.82 Å². The Kier molecular flexibility index (Phi) is 1.91. The van der Waals surface area contributed by atoms with Crippen LogP contribution >= 0.6 is 0 Å². The van der Waals surface area contributed by atoms with Gasteiger partial charge in [0.15, 0.2) is 5.82 Å². The summed E-state index contributed by atoms with van der Waals surface area (Å²) in [4.78, 5) is 11.8. The van der Waals surface area contributed by atoms with E-state index in [-0.39, 0.29) is 11.9 Å². The molecule has 17 heavy (non-hydrogen) atoms. The Morgan fingerprint density at radius 2 is 1.76 bits per heavy atom. The third kappa shape index (κ3) is 1.63. The molecule has 0 atom stereocenters. The molecule has 0 saturated heterocycles. The first kappa shape index (κ1) is 9.52. The number of rotatable bonds is 1. The largest absolute Gasteiger partial charge is 0.368 e. The van der Waals surface area contributed by atoms with Gasteiger partial charge in [-0.3, -0.25) is 5.10 Å². The van der Waals surface area contributed by atoms with Crippen molar-refractivity contribution in [3.05, 3.63) is 24.4 Å². The number of benzene rings is 1. The highest BCUT2D eigenvalue weighted by molar-refractivity contribution is 5.82. The number of nitrogen functional groups attached to an aromatic ring is 2. The predicted octanol–water partition coefficient (Wildman–Crippen LogP) is 0.579. The van der Waals surface area contributed by atoms with Gasteiger partial charge in [0.05, 0.1) is 11.7 Å². The topological polar surface area (TPSA) is 119 Å². The maximum Gasteiger partial charge on any atom is 0.225 e.